The van der Waals surface area contributed by atoms with Gasteiger partial charge in [-0.15, -0.1) is 10.2 Å². The third kappa shape index (κ3) is 4.03. The van der Waals surface area contributed by atoms with Gasteiger partial charge in [0.25, 0.3) is 5.89 Å². The fourth-order valence-corrected chi connectivity index (χ4v) is 3.75. The normalized spacial score (nSPS) is 11.2. The van der Waals surface area contributed by atoms with Crippen molar-refractivity contribution in [2.75, 3.05) is 6.61 Å². The first-order chi connectivity index (χ1) is 15.4. The van der Waals surface area contributed by atoms with Crippen molar-refractivity contribution in [3.8, 4) is 28.7 Å². The zero-order valence-corrected chi connectivity index (χ0v) is 19.1. The average molecular weight is 451 g/mol. The van der Waals surface area contributed by atoms with Crippen LogP contribution in [0.25, 0.3) is 28.7 Å². The van der Waals surface area contributed by atoms with Gasteiger partial charge < -0.3 is 9.15 Å². The van der Waals surface area contributed by atoms with Gasteiger partial charge in [0.1, 0.15) is 5.02 Å². The van der Waals surface area contributed by atoms with E-state index >= 15 is 0 Å². The molecule has 0 spiro atoms. The van der Waals surface area contributed by atoms with E-state index in [9.17, 15) is 4.79 Å². The molecule has 7 nitrogen and oxygen atoms in total. The first-order valence-electron chi connectivity index (χ1n) is 10.4. The summed E-state index contributed by atoms with van der Waals surface area (Å²) in [5.41, 5.74) is 4.00. The van der Waals surface area contributed by atoms with Gasteiger partial charge in [-0.2, -0.15) is 5.10 Å². The summed E-state index contributed by atoms with van der Waals surface area (Å²) in [6, 6.07) is 15.5. The fraction of sp³-hybridized carbons (Fsp3) is 0.250. The van der Waals surface area contributed by atoms with Crippen molar-refractivity contribution < 1.29 is 13.9 Å². The highest BCUT2D eigenvalue weighted by molar-refractivity contribution is 6.35. The minimum absolute atomic E-state index is 0.00242. The van der Waals surface area contributed by atoms with E-state index in [1.807, 2.05) is 55.5 Å². The summed E-state index contributed by atoms with van der Waals surface area (Å²) in [5, 5.41) is 13.0. The average Bonchev–Trinajstić information content (AvgIpc) is 3.38. The lowest BCUT2D eigenvalue weighted by Gasteiger charge is -2.13. The van der Waals surface area contributed by atoms with Crippen molar-refractivity contribution in [2.24, 2.45) is 0 Å². The third-order valence-corrected chi connectivity index (χ3v) is 5.33. The van der Waals surface area contributed by atoms with Gasteiger partial charge in [-0.05, 0) is 43.5 Å². The molecular weight excluding hydrogens is 428 g/mol. The number of aryl methyl sites for hydroxylation is 1. The molecule has 0 aliphatic rings. The number of carbonyl (C=O) groups excluding carboxylic acids is 1. The zero-order valence-electron chi connectivity index (χ0n) is 18.3. The van der Waals surface area contributed by atoms with Gasteiger partial charge >= 0.3 is 5.97 Å². The Balaban J connectivity index is 1.91. The van der Waals surface area contributed by atoms with Crippen LogP contribution in [-0.4, -0.2) is 32.6 Å². The Bertz CT molecular complexity index is 1280. The second-order valence-electron chi connectivity index (χ2n) is 7.64. The number of hydrogen-bond donors (Lipinski definition) is 0. The molecule has 0 fully saturated rings. The molecule has 2 aromatic carbocycles. The van der Waals surface area contributed by atoms with E-state index < -0.39 is 5.97 Å². The number of hydrogen-bond acceptors (Lipinski definition) is 6. The number of nitrogens with zero attached hydrogens (tertiary/aromatic N) is 4. The smallest absolute Gasteiger partial charge is 0.360 e. The van der Waals surface area contributed by atoms with Crippen molar-refractivity contribution in [3.05, 3.63) is 70.4 Å². The van der Waals surface area contributed by atoms with Crippen molar-refractivity contribution in [1.82, 2.24) is 20.0 Å². The number of halogens is 1. The van der Waals surface area contributed by atoms with Crippen LogP contribution in [0, 0.1) is 6.92 Å². The molecule has 0 saturated carbocycles. The fourth-order valence-electron chi connectivity index (χ4n) is 3.47. The Morgan fingerprint density at radius 3 is 2.59 bits per heavy atom. The van der Waals surface area contributed by atoms with Crippen molar-refractivity contribution in [3.63, 3.8) is 0 Å². The van der Waals surface area contributed by atoms with Crippen LogP contribution in [0.3, 0.4) is 0 Å². The molecule has 0 unspecified atom stereocenters. The van der Waals surface area contributed by atoms with Crippen molar-refractivity contribution in [1.29, 1.82) is 0 Å². The SMILES string of the molecule is CCOC(=O)c1nn(-c2ccccc2C(C)C)c(-c2nnc(-c3cccc(C)c3)o2)c1Cl. The molecule has 0 aliphatic heterocycles. The quantitative estimate of drug-likeness (QED) is 0.342. The van der Waals surface area contributed by atoms with Crippen LogP contribution in [0.4, 0.5) is 0 Å². The maximum atomic E-state index is 12.5. The molecule has 4 rings (SSSR count). The van der Waals surface area contributed by atoms with Crippen LogP contribution >= 0.6 is 11.6 Å². The number of ether oxygens (including phenoxy) is 1. The summed E-state index contributed by atoms with van der Waals surface area (Å²) in [7, 11) is 0. The molecule has 0 bridgehead atoms. The number of para-hydroxylation sites is 1. The van der Waals surface area contributed by atoms with Crippen LogP contribution < -0.4 is 0 Å². The Labute approximate surface area is 191 Å². The van der Waals surface area contributed by atoms with Gasteiger partial charge in [0.05, 0.1) is 12.3 Å². The number of benzene rings is 2. The molecule has 8 heteroatoms. The summed E-state index contributed by atoms with van der Waals surface area (Å²) in [5.74, 6) is 0.104. The summed E-state index contributed by atoms with van der Waals surface area (Å²) >= 11 is 6.64. The highest BCUT2D eigenvalue weighted by atomic mass is 35.5. The maximum Gasteiger partial charge on any atom is 0.360 e. The van der Waals surface area contributed by atoms with Gasteiger partial charge in [-0.25, -0.2) is 9.48 Å². The summed E-state index contributed by atoms with van der Waals surface area (Å²) in [6.45, 7) is 8.08. The van der Waals surface area contributed by atoms with Gasteiger partial charge in [-0.1, -0.05) is 61.3 Å². The van der Waals surface area contributed by atoms with E-state index in [4.69, 9.17) is 20.8 Å². The molecule has 2 aromatic heterocycles. The van der Waals surface area contributed by atoms with E-state index in [-0.39, 0.29) is 29.1 Å². The lowest BCUT2D eigenvalue weighted by molar-refractivity contribution is 0.0519. The topological polar surface area (TPSA) is 83.0 Å². The Kier molecular flexibility index (Phi) is 6.10. The highest BCUT2D eigenvalue weighted by Gasteiger charge is 2.29. The second-order valence-corrected chi connectivity index (χ2v) is 8.02. The predicted octanol–water partition coefficient (Wildman–Crippen LogP) is 5.85. The third-order valence-electron chi connectivity index (χ3n) is 4.98. The summed E-state index contributed by atoms with van der Waals surface area (Å²) < 4.78 is 12.7. The van der Waals surface area contributed by atoms with E-state index in [1.165, 1.54) is 0 Å². The molecule has 4 aromatic rings. The van der Waals surface area contributed by atoms with E-state index in [0.29, 0.717) is 11.6 Å². The number of aromatic nitrogens is 4. The largest absolute Gasteiger partial charge is 0.461 e. The van der Waals surface area contributed by atoms with Gasteiger partial charge in [0.2, 0.25) is 5.89 Å². The van der Waals surface area contributed by atoms with Crippen LogP contribution in [-0.2, 0) is 4.74 Å². The van der Waals surface area contributed by atoms with Crippen molar-refractivity contribution >= 4 is 17.6 Å². The highest BCUT2D eigenvalue weighted by Crippen LogP contribution is 2.36. The monoisotopic (exact) mass is 450 g/mol. The Hall–Kier alpha value is -3.45. The lowest BCUT2D eigenvalue weighted by Crippen LogP contribution is -2.08. The molecule has 0 atom stereocenters. The molecule has 0 N–H and O–H groups in total. The van der Waals surface area contributed by atoms with E-state index in [1.54, 1.807) is 11.6 Å². The molecule has 0 radical (unpaired) electrons. The van der Waals surface area contributed by atoms with E-state index in [0.717, 1.165) is 22.4 Å². The van der Waals surface area contributed by atoms with Gasteiger partial charge in [-0.3, -0.25) is 0 Å². The standard InChI is InChI=1S/C24H23ClN4O3/c1-5-31-24(30)20-19(25)21(29(28-20)18-12-7-6-11-17(18)14(2)3)23-27-26-22(32-23)16-10-8-9-15(4)13-16/h6-14H,5H2,1-4H3. The maximum absolute atomic E-state index is 12.5. The summed E-state index contributed by atoms with van der Waals surface area (Å²) in [6.07, 6.45) is 0. The van der Waals surface area contributed by atoms with Gasteiger partial charge in [0, 0.05) is 5.56 Å². The Morgan fingerprint density at radius 1 is 1.12 bits per heavy atom. The molecule has 0 saturated heterocycles. The second kappa shape index (κ2) is 8.96. The zero-order chi connectivity index (χ0) is 22.8. The van der Waals surface area contributed by atoms with Crippen LogP contribution in [0.5, 0.6) is 0 Å². The van der Waals surface area contributed by atoms with Crippen LogP contribution in [0.15, 0.2) is 52.9 Å². The van der Waals surface area contributed by atoms with Gasteiger partial charge in [0.15, 0.2) is 11.4 Å². The van der Waals surface area contributed by atoms with E-state index in [2.05, 4.69) is 29.1 Å². The van der Waals surface area contributed by atoms with Crippen LogP contribution in [0.2, 0.25) is 5.02 Å². The number of carbonyl (C=O) groups is 1. The van der Waals surface area contributed by atoms with Crippen LogP contribution in [0.1, 0.15) is 48.3 Å². The summed E-state index contributed by atoms with van der Waals surface area (Å²) in [4.78, 5) is 12.5. The molecule has 2 heterocycles. The Morgan fingerprint density at radius 2 is 1.88 bits per heavy atom. The molecule has 164 valence electrons. The first kappa shape index (κ1) is 21.8. The number of esters is 1. The first-order valence-corrected chi connectivity index (χ1v) is 10.7. The number of rotatable bonds is 6. The molecule has 0 amide bonds. The van der Waals surface area contributed by atoms with Crippen molar-refractivity contribution in [2.45, 2.75) is 33.6 Å². The predicted molar refractivity (Wildman–Crippen MR) is 122 cm³/mol. The molecular formula is C24H23ClN4O3. The minimum atomic E-state index is -0.613. The molecule has 0 aliphatic carbocycles. The minimum Gasteiger partial charge on any atom is -0.461 e. The molecule has 32 heavy (non-hydrogen) atoms. The lowest BCUT2D eigenvalue weighted by atomic mass is 10.0.